The zero-order valence-electron chi connectivity index (χ0n) is 12.7. The van der Waals surface area contributed by atoms with Crippen LogP contribution in [0, 0.1) is 0 Å². The van der Waals surface area contributed by atoms with Gasteiger partial charge in [-0.1, -0.05) is 17.3 Å². The van der Waals surface area contributed by atoms with Crippen molar-refractivity contribution < 1.29 is 4.52 Å². The third kappa shape index (κ3) is 3.19. The Morgan fingerprint density at radius 2 is 2.35 bits per heavy atom. The van der Waals surface area contributed by atoms with Crippen LogP contribution in [0.1, 0.15) is 17.3 Å². The summed E-state index contributed by atoms with van der Waals surface area (Å²) < 4.78 is 5.50. The molecule has 0 radical (unpaired) electrons. The third-order valence-electron chi connectivity index (χ3n) is 4.11. The molecular weight excluding hydrogens is 308 g/mol. The molecule has 0 spiro atoms. The first kappa shape index (κ1) is 14.6. The topological polar surface area (TPSA) is 54.2 Å². The minimum absolute atomic E-state index is 0.319. The maximum Gasteiger partial charge on any atom is 0.177 e. The molecule has 23 heavy (non-hydrogen) atoms. The molecule has 6 heteroatoms. The molecular formula is C17H18N4OS. The van der Waals surface area contributed by atoms with E-state index in [1.54, 1.807) is 11.3 Å². The number of piperazine rings is 1. The van der Waals surface area contributed by atoms with Gasteiger partial charge >= 0.3 is 0 Å². The maximum absolute atomic E-state index is 5.50. The van der Waals surface area contributed by atoms with Crippen molar-refractivity contribution in [3.8, 4) is 10.6 Å². The fourth-order valence-corrected chi connectivity index (χ4v) is 3.64. The highest BCUT2D eigenvalue weighted by atomic mass is 32.1. The van der Waals surface area contributed by atoms with Crippen molar-refractivity contribution in [2.45, 2.75) is 12.6 Å². The van der Waals surface area contributed by atoms with Crippen LogP contribution in [-0.2, 0) is 6.54 Å². The number of aromatic nitrogens is 2. The second kappa shape index (κ2) is 6.62. The smallest absolute Gasteiger partial charge is 0.177 e. The Kier molecular flexibility index (Phi) is 4.19. The van der Waals surface area contributed by atoms with Crippen LogP contribution in [0.4, 0.5) is 0 Å². The summed E-state index contributed by atoms with van der Waals surface area (Å²) in [5, 5.41) is 9.76. The van der Waals surface area contributed by atoms with Crippen molar-refractivity contribution in [3.05, 3.63) is 59.4 Å². The normalized spacial score (nSPS) is 19.0. The molecule has 1 aliphatic rings. The fraction of sp³-hybridized carbons (Fsp3) is 0.294. The minimum atomic E-state index is 0.319. The van der Waals surface area contributed by atoms with Crippen molar-refractivity contribution in [1.29, 1.82) is 0 Å². The molecule has 1 N–H and O–H groups in total. The lowest BCUT2D eigenvalue weighted by atomic mass is 10.1. The SMILES string of the molecule is c1cncc(C2CNCCN2Cc2cc(-c3cccs3)on2)c1. The van der Waals surface area contributed by atoms with Gasteiger partial charge in [0, 0.05) is 50.7 Å². The molecule has 4 rings (SSSR count). The molecule has 3 aromatic rings. The minimum Gasteiger partial charge on any atom is -0.355 e. The fourth-order valence-electron chi connectivity index (χ4n) is 2.97. The van der Waals surface area contributed by atoms with Gasteiger partial charge in [-0.2, -0.15) is 0 Å². The molecule has 0 bridgehead atoms. The summed E-state index contributed by atoms with van der Waals surface area (Å²) in [6, 6.07) is 10.6. The van der Waals surface area contributed by atoms with Crippen LogP contribution in [0.2, 0.25) is 0 Å². The summed E-state index contributed by atoms with van der Waals surface area (Å²) in [6.45, 7) is 3.70. The van der Waals surface area contributed by atoms with E-state index in [-0.39, 0.29) is 0 Å². The van der Waals surface area contributed by atoms with E-state index in [0.717, 1.165) is 42.5 Å². The van der Waals surface area contributed by atoms with Crippen molar-refractivity contribution in [2.24, 2.45) is 0 Å². The van der Waals surface area contributed by atoms with Crippen LogP contribution in [0.25, 0.3) is 10.6 Å². The highest BCUT2D eigenvalue weighted by Crippen LogP contribution is 2.27. The Hall–Kier alpha value is -2.02. The van der Waals surface area contributed by atoms with E-state index in [1.807, 2.05) is 36.0 Å². The summed E-state index contributed by atoms with van der Waals surface area (Å²) in [4.78, 5) is 7.80. The molecule has 1 aliphatic heterocycles. The van der Waals surface area contributed by atoms with E-state index < -0.39 is 0 Å². The van der Waals surface area contributed by atoms with Gasteiger partial charge in [-0.15, -0.1) is 11.3 Å². The molecule has 118 valence electrons. The number of hydrogen-bond acceptors (Lipinski definition) is 6. The summed E-state index contributed by atoms with van der Waals surface area (Å²) in [6.07, 6.45) is 3.76. The lowest BCUT2D eigenvalue weighted by Crippen LogP contribution is -2.45. The van der Waals surface area contributed by atoms with E-state index in [4.69, 9.17) is 4.52 Å². The molecule has 0 aromatic carbocycles. The summed E-state index contributed by atoms with van der Waals surface area (Å²) >= 11 is 1.67. The Bertz CT molecular complexity index is 741. The van der Waals surface area contributed by atoms with E-state index in [2.05, 4.69) is 32.5 Å². The Balaban J connectivity index is 1.52. The molecule has 1 fully saturated rings. The van der Waals surface area contributed by atoms with Gasteiger partial charge in [0.05, 0.1) is 10.6 Å². The molecule has 0 saturated carbocycles. The van der Waals surface area contributed by atoms with Crippen LogP contribution < -0.4 is 5.32 Å². The number of thiophene rings is 1. The molecule has 1 unspecified atom stereocenters. The Morgan fingerprint density at radius 3 is 3.17 bits per heavy atom. The van der Waals surface area contributed by atoms with E-state index >= 15 is 0 Å². The molecule has 0 aliphatic carbocycles. The second-order valence-electron chi connectivity index (χ2n) is 5.64. The van der Waals surface area contributed by atoms with Crippen LogP contribution in [0.15, 0.2) is 52.6 Å². The number of nitrogens with zero attached hydrogens (tertiary/aromatic N) is 3. The number of nitrogens with one attached hydrogen (secondary N) is 1. The second-order valence-corrected chi connectivity index (χ2v) is 6.58. The van der Waals surface area contributed by atoms with Crippen LogP contribution in [-0.4, -0.2) is 34.7 Å². The average Bonchev–Trinajstić information content (AvgIpc) is 3.27. The molecule has 1 saturated heterocycles. The third-order valence-corrected chi connectivity index (χ3v) is 5.00. The molecule has 1 atom stereocenters. The predicted molar refractivity (Wildman–Crippen MR) is 90.1 cm³/mol. The quantitative estimate of drug-likeness (QED) is 0.799. The van der Waals surface area contributed by atoms with Crippen LogP contribution in [0.3, 0.4) is 0 Å². The van der Waals surface area contributed by atoms with Crippen LogP contribution in [0.5, 0.6) is 0 Å². The zero-order chi connectivity index (χ0) is 15.5. The van der Waals surface area contributed by atoms with Gasteiger partial charge in [0.2, 0.25) is 0 Å². The van der Waals surface area contributed by atoms with Gasteiger partial charge in [0.1, 0.15) is 0 Å². The van der Waals surface area contributed by atoms with E-state index in [0.29, 0.717) is 6.04 Å². The van der Waals surface area contributed by atoms with E-state index in [9.17, 15) is 0 Å². The van der Waals surface area contributed by atoms with Gasteiger partial charge in [0.25, 0.3) is 0 Å². The Labute approximate surface area is 138 Å². The molecule has 4 heterocycles. The largest absolute Gasteiger partial charge is 0.355 e. The summed E-state index contributed by atoms with van der Waals surface area (Å²) in [5.74, 6) is 0.850. The first-order valence-electron chi connectivity index (χ1n) is 7.74. The lowest BCUT2D eigenvalue weighted by molar-refractivity contribution is 0.149. The van der Waals surface area contributed by atoms with Gasteiger partial charge in [-0.05, 0) is 23.1 Å². The Morgan fingerprint density at radius 1 is 1.35 bits per heavy atom. The highest BCUT2D eigenvalue weighted by Gasteiger charge is 2.25. The van der Waals surface area contributed by atoms with E-state index in [1.165, 1.54) is 5.56 Å². The first-order valence-corrected chi connectivity index (χ1v) is 8.62. The van der Waals surface area contributed by atoms with Gasteiger partial charge in [-0.3, -0.25) is 9.88 Å². The molecule has 5 nitrogen and oxygen atoms in total. The lowest BCUT2D eigenvalue weighted by Gasteiger charge is -2.35. The number of pyridine rings is 1. The summed E-state index contributed by atoms with van der Waals surface area (Å²) in [7, 11) is 0. The molecule has 3 aromatic heterocycles. The highest BCUT2D eigenvalue weighted by molar-refractivity contribution is 7.13. The standard InChI is InChI=1S/C17H18N4OS/c1-3-13(10-18-5-1)15-11-19-6-7-21(15)12-14-9-16(22-20-14)17-4-2-8-23-17/h1-5,8-10,15,19H,6-7,11-12H2. The maximum atomic E-state index is 5.50. The van der Waals surface area contributed by atoms with Crippen molar-refractivity contribution in [3.63, 3.8) is 0 Å². The summed E-state index contributed by atoms with van der Waals surface area (Å²) in [5.41, 5.74) is 2.21. The average molecular weight is 326 g/mol. The van der Waals surface area contributed by atoms with Gasteiger partial charge in [0.15, 0.2) is 5.76 Å². The number of rotatable bonds is 4. The monoisotopic (exact) mass is 326 g/mol. The van der Waals surface area contributed by atoms with Gasteiger partial charge < -0.3 is 9.84 Å². The van der Waals surface area contributed by atoms with Crippen molar-refractivity contribution >= 4 is 11.3 Å². The predicted octanol–water partition coefficient (Wildman–Crippen LogP) is 2.94. The van der Waals surface area contributed by atoms with Crippen LogP contribution >= 0.6 is 11.3 Å². The number of hydrogen-bond donors (Lipinski definition) is 1. The van der Waals surface area contributed by atoms with Crippen molar-refractivity contribution in [2.75, 3.05) is 19.6 Å². The first-order chi connectivity index (χ1) is 11.4. The zero-order valence-corrected chi connectivity index (χ0v) is 13.5. The molecule has 0 amide bonds. The van der Waals surface area contributed by atoms with Gasteiger partial charge in [-0.25, -0.2) is 0 Å². The van der Waals surface area contributed by atoms with Crippen molar-refractivity contribution in [1.82, 2.24) is 20.4 Å².